The van der Waals surface area contributed by atoms with Gasteiger partial charge in [-0.2, -0.15) is 0 Å². The van der Waals surface area contributed by atoms with Gasteiger partial charge in [0.2, 0.25) is 0 Å². The van der Waals surface area contributed by atoms with E-state index < -0.39 is 17.9 Å². The van der Waals surface area contributed by atoms with Crippen molar-refractivity contribution in [2.24, 2.45) is 17.8 Å². The van der Waals surface area contributed by atoms with Gasteiger partial charge >= 0.3 is 11.8 Å². The number of carbonyl (C=O) groups excluding carboxylic acids is 2. The normalized spacial score (nSPS) is 32.2. The molecule has 2 amide bonds. The maximum Gasteiger partial charge on any atom is 0.313 e. The van der Waals surface area contributed by atoms with Gasteiger partial charge in [0.05, 0.1) is 17.3 Å². The highest BCUT2D eigenvalue weighted by Crippen LogP contribution is 2.60. The second-order valence-corrected chi connectivity index (χ2v) is 9.31. The maximum atomic E-state index is 12.1. The van der Waals surface area contributed by atoms with Crippen LogP contribution in [0, 0.1) is 17.8 Å². The number of hydrogen-bond donors (Lipinski definition) is 3. The van der Waals surface area contributed by atoms with Crippen molar-refractivity contribution in [1.82, 2.24) is 5.32 Å². The Morgan fingerprint density at radius 3 is 2.26 bits per heavy atom. The summed E-state index contributed by atoms with van der Waals surface area (Å²) in [7, 11) is 0. The molecule has 0 aliphatic heterocycles. The fourth-order valence-corrected chi connectivity index (χ4v) is 6.15. The standard InChI is InChI=1S/C21H27ClN2O3/c1-12(11-25)23-19(26)20(27)24-18-3-2-16(7-17(18)22)21-8-13-4-14(9-21)6-15(5-13)10-21/h2-3,7,12-15,25H,4-6,8-11H2,1H3,(H,23,26)(H,24,27). The van der Waals surface area contributed by atoms with E-state index in [4.69, 9.17) is 16.7 Å². The van der Waals surface area contributed by atoms with Crippen LogP contribution in [0.25, 0.3) is 0 Å². The average molecular weight is 391 g/mol. The molecule has 6 heteroatoms. The summed E-state index contributed by atoms with van der Waals surface area (Å²) in [6.45, 7) is 1.40. The lowest BCUT2D eigenvalue weighted by Crippen LogP contribution is -2.48. The minimum absolute atomic E-state index is 0.223. The summed E-state index contributed by atoms with van der Waals surface area (Å²) in [6.07, 6.45) is 7.93. The first-order valence-corrected chi connectivity index (χ1v) is 10.3. The molecule has 1 unspecified atom stereocenters. The van der Waals surface area contributed by atoms with E-state index in [1.54, 1.807) is 6.92 Å². The number of rotatable bonds is 4. The van der Waals surface area contributed by atoms with E-state index in [0.717, 1.165) is 17.8 Å². The van der Waals surface area contributed by atoms with E-state index >= 15 is 0 Å². The van der Waals surface area contributed by atoms with Crippen molar-refractivity contribution in [3.05, 3.63) is 28.8 Å². The van der Waals surface area contributed by atoms with E-state index in [1.165, 1.54) is 44.1 Å². The zero-order chi connectivity index (χ0) is 19.2. The maximum absolute atomic E-state index is 12.1. The van der Waals surface area contributed by atoms with E-state index in [2.05, 4.69) is 16.7 Å². The van der Waals surface area contributed by atoms with Crippen LogP contribution in [0.4, 0.5) is 5.69 Å². The Kier molecular flexibility index (Phi) is 4.93. The van der Waals surface area contributed by atoms with Crippen LogP contribution in [-0.2, 0) is 15.0 Å². The van der Waals surface area contributed by atoms with Gasteiger partial charge in [-0.25, -0.2) is 0 Å². The van der Waals surface area contributed by atoms with Gasteiger partial charge < -0.3 is 15.7 Å². The molecule has 1 aromatic rings. The van der Waals surface area contributed by atoms with Crippen LogP contribution >= 0.6 is 11.6 Å². The smallest absolute Gasteiger partial charge is 0.313 e. The quantitative estimate of drug-likeness (QED) is 0.690. The van der Waals surface area contributed by atoms with Gasteiger partial charge in [0.25, 0.3) is 0 Å². The van der Waals surface area contributed by atoms with E-state index in [0.29, 0.717) is 10.7 Å². The van der Waals surface area contributed by atoms with Gasteiger partial charge in [-0.15, -0.1) is 0 Å². The highest BCUT2D eigenvalue weighted by atomic mass is 35.5. The molecule has 0 saturated heterocycles. The van der Waals surface area contributed by atoms with Crippen LogP contribution in [0.15, 0.2) is 18.2 Å². The molecular weight excluding hydrogens is 364 g/mol. The fraction of sp³-hybridized carbons (Fsp3) is 0.619. The van der Waals surface area contributed by atoms with Crippen molar-refractivity contribution in [2.75, 3.05) is 11.9 Å². The number of anilines is 1. The van der Waals surface area contributed by atoms with Crippen LogP contribution in [0.5, 0.6) is 0 Å². The molecule has 4 fully saturated rings. The first-order valence-electron chi connectivity index (χ1n) is 9.91. The van der Waals surface area contributed by atoms with Crippen LogP contribution in [0.1, 0.15) is 51.0 Å². The molecule has 0 radical (unpaired) electrons. The highest BCUT2D eigenvalue weighted by Gasteiger charge is 2.51. The van der Waals surface area contributed by atoms with Gasteiger partial charge in [0, 0.05) is 6.04 Å². The number of aliphatic hydroxyl groups is 1. The lowest BCUT2D eigenvalue weighted by atomic mass is 9.48. The summed E-state index contributed by atoms with van der Waals surface area (Å²) >= 11 is 6.46. The molecule has 146 valence electrons. The van der Waals surface area contributed by atoms with Crippen molar-refractivity contribution < 1.29 is 14.7 Å². The second-order valence-electron chi connectivity index (χ2n) is 8.90. The molecule has 0 spiro atoms. The third-order valence-electron chi connectivity index (χ3n) is 6.73. The van der Waals surface area contributed by atoms with Crippen LogP contribution in [0.2, 0.25) is 5.02 Å². The summed E-state index contributed by atoms with van der Waals surface area (Å²) in [4.78, 5) is 23.9. The molecule has 4 bridgehead atoms. The lowest BCUT2D eigenvalue weighted by Gasteiger charge is -2.57. The molecule has 4 aliphatic rings. The minimum atomic E-state index is -0.780. The summed E-state index contributed by atoms with van der Waals surface area (Å²) < 4.78 is 0. The van der Waals surface area contributed by atoms with Crippen molar-refractivity contribution in [3.8, 4) is 0 Å². The lowest BCUT2D eigenvalue weighted by molar-refractivity contribution is -0.136. The third-order valence-corrected chi connectivity index (χ3v) is 7.04. The summed E-state index contributed by atoms with van der Waals surface area (Å²) in [6, 6.07) is 5.40. The molecule has 1 atom stereocenters. The Labute approximate surface area is 164 Å². The number of carbonyl (C=O) groups is 2. The number of halogens is 1. The molecule has 4 aliphatic carbocycles. The van der Waals surface area contributed by atoms with Crippen molar-refractivity contribution in [1.29, 1.82) is 0 Å². The second kappa shape index (κ2) is 7.10. The van der Waals surface area contributed by atoms with Gasteiger partial charge in [0.15, 0.2) is 0 Å². The van der Waals surface area contributed by atoms with E-state index in [1.807, 2.05) is 12.1 Å². The predicted octanol–water partition coefficient (Wildman–Crippen LogP) is 3.24. The Hall–Kier alpha value is -1.59. The number of nitrogens with one attached hydrogen (secondary N) is 2. The molecule has 27 heavy (non-hydrogen) atoms. The topological polar surface area (TPSA) is 78.4 Å². The SMILES string of the molecule is CC(CO)NC(=O)C(=O)Nc1ccc(C23CC4CC(CC(C4)C2)C3)cc1Cl. The molecule has 5 nitrogen and oxygen atoms in total. The highest BCUT2D eigenvalue weighted by molar-refractivity contribution is 6.41. The average Bonchev–Trinajstić information content (AvgIpc) is 2.61. The summed E-state index contributed by atoms with van der Waals surface area (Å²) in [5.41, 5.74) is 1.97. The third kappa shape index (κ3) is 3.59. The predicted molar refractivity (Wildman–Crippen MR) is 105 cm³/mol. The van der Waals surface area contributed by atoms with E-state index in [-0.39, 0.29) is 12.0 Å². The van der Waals surface area contributed by atoms with E-state index in [9.17, 15) is 9.59 Å². The number of aliphatic hydroxyl groups excluding tert-OH is 1. The molecule has 0 heterocycles. The zero-order valence-corrected chi connectivity index (χ0v) is 16.4. The Morgan fingerprint density at radius 1 is 1.15 bits per heavy atom. The molecule has 4 saturated carbocycles. The minimum Gasteiger partial charge on any atom is -0.394 e. The Balaban J connectivity index is 1.49. The molecular formula is C21H27ClN2O3. The molecule has 1 aromatic carbocycles. The number of amides is 2. The molecule has 0 aromatic heterocycles. The summed E-state index contributed by atoms with van der Waals surface area (Å²) in [5, 5.41) is 14.5. The number of benzene rings is 1. The van der Waals surface area contributed by atoms with Gasteiger partial charge in [0.1, 0.15) is 0 Å². The Morgan fingerprint density at radius 2 is 1.74 bits per heavy atom. The largest absolute Gasteiger partial charge is 0.394 e. The van der Waals surface area contributed by atoms with Crippen LogP contribution in [0.3, 0.4) is 0 Å². The van der Waals surface area contributed by atoms with Crippen molar-refractivity contribution >= 4 is 29.1 Å². The number of hydrogen-bond acceptors (Lipinski definition) is 3. The summed E-state index contributed by atoms with van der Waals surface area (Å²) in [5.74, 6) is 1.00. The van der Waals surface area contributed by atoms with Crippen LogP contribution < -0.4 is 10.6 Å². The van der Waals surface area contributed by atoms with Gasteiger partial charge in [-0.1, -0.05) is 17.7 Å². The van der Waals surface area contributed by atoms with Crippen molar-refractivity contribution in [3.63, 3.8) is 0 Å². The monoisotopic (exact) mass is 390 g/mol. The fourth-order valence-electron chi connectivity index (χ4n) is 5.92. The first-order chi connectivity index (χ1) is 12.9. The first kappa shape index (κ1) is 18.8. The van der Waals surface area contributed by atoms with Gasteiger partial charge in [-0.3, -0.25) is 9.59 Å². The van der Waals surface area contributed by atoms with Crippen molar-refractivity contribution in [2.45, 2.75) is 56.9 Å². The van der Waals surface area contributed by atoms with Gasteiger partial charge in [-0.05, 0) is 86.3 Å². The molecule has 3 N–H and O–H groups in total. The Bertz CT molecular complexity index is 729. The molecule has 5 rings (SSSR count). The van der Waals surface area contributed by atoms with Crippen LogP contribution in [-0.4, -0.2) is 29.6 Å². The zero-order valence-electron chi connectivity index (χ0n) is 15.6.